The van der Waals surface area contributed by atoms with E-state index in [1.54, 1.807) is 31.2 Å². The molecule has 0 aliphatic carbocycles. The van der Waals surface area contributed by atoms with Gasteiger partial charge in [-0.25, -0.2) is 4.39 Å². The summed E-state index contributed by atoms with van der Waals surface area (Å²) in [5.41, 5.74) is 1.48. The molecule has 0 bridgehead atoms. The van der Waals surface area contributed by atoms with Gasteiger partial charge in [-0.3, -0.25) is 9.59 Å². The topological polar surface area (TPSA) is 58.6 Å². The largest absolute Gasteiger partial charge is 0.483 e. The molecule has 0 radical (unpaired) electrons. The van der Waals surface area contributed by atoms with Crippen molar-refractivity contribution in [3.05, 3.63) is 63.9 Å². The second-order valence-electron chi connectivity index (χ2n) is 7.51. The molecule has 0 fully saturated rings. The predicted molar refractivity (Wildman–Crippen MR) is 123 cm³/mol. The van der Waals surface area contributed by atoms with Crippen molar-refractivity contribution in [1.82, 2.24) is 10.2 Å². The second kappa shape index (κ2) is 11.8. The summed E-state index contributed by atoms with van der Waals surface area (Å²) in [6.45, 7) is 7.27. The van der Waals surface area contributed by atoms with E-state index in [1.807, 2.05) is 26.0 Å². The first-order chi connectivity index (χ1) is 14.8. The standard InChI is InChI=1S/C24H30BrFN2O3/c1-5-16(3)27-24(30)17(4)28(14-19-9-7-8-10-21(19)26)23(29)15-31-22-12-11-18(6-2)13-20(22)25/h7-13,16-17H,5-6,14-15H2,1-4H3,(H,27,30)/t16-,17-/m0/s1. The Morgan fingerprint density at radius 1 is 1.16 bits per heavy atom. The van der Waals surface area contributed by atoms with Crippen LogP contribution in [0.2, 0.25) is 0 Å². The van der Waals surface area contributed by atoms with Crippen LogP contribution >= 0.6 is 15.9 Å². The molecule has 0 aliphatic rings. The molecule has 0 aromatic heterocycles. The first-order valence-corrected chi connectivity index (χ1v) is 11.3. The molecule has 0 saturated carbocycles. The van der Waals surface area contributed by atoms with Crippen LogP contribution in [0.4, 0.5) is 4.39 Å². The quantitative estimate of drug-likeness (QED) is 0.514. The van der Waals surface area contributed by atoms with Crippen LogP contribution in [-0.4, -0.2) is 35.4 Å². The normalized spacial score (nSPS) is 12.7. The minimum atomic E-state index is -0.782. The summed E-state index contributed by atoms with van der Waals surface area (Å²) >= 11 is 3.46. The van der Waals surface area contributed by atoms with Crippen LogP contribution in [0.3, 0.4) is 0 Å². The first kappa shape index (κ1) is 24.9. The molecule has 0 unspecified atom stereocenters. The van der Waals surface area contributed by atoms with E-state index >= 15 is 0 Å². The SMILES string of the molecule is CCc1ccc(OCC(=O)N(Cc2ccccc2F)[C@@H](C)C(=O)N[C@@H](C)CC)c(Br)c1. The van der Waals surface area contributed by atoms with Crippen molar-refractivity contribution in [3.8, 4) is 5.75 Å². The summed E-state index contributed by atoms with van der Waals surface area (Å²) in [6, 6.07) is 11.1. The van der Waals surface area contributed by atoms with Gasteiger partial charge in [-0.1, -0.05) is 38.1 Å². The zero-order chi connectivity index (χ0) is 23.0. The van der Waals surface area contributed by atoms with Crippen molar-refractivity contribution in [2.75, 3.05) is 6.61 Å². The van der Waals surface area contributed by atoms with Gasteiger partial charge in [-0.15, -0.1) is 0 Å². The van der Waals surface area contributed by atoms with E-state index in [0.29, 0.717) is 11.3 Å². The van der Waals surface area contributed by atoms with Gasteiger partial charge in [-0.2, -0.15) is 0 Å². The maximum absolute atomic E-state index is 14.2. The fraction of sp³-hybridized carbons (Fsp3) is 0.417. The highest BCUT2D eigenvalue weighted by molar-refractivity contribution is 9.10. The van der Waals surface area contributed by atoms with E-state index in [1.165, 1.54) is 11.0 Å². The van der Waals surface area contributed by atoms with Gasteiger partial charge in [0.05, 0.1) is 4.47 Å². The number of aryl methyl sites for hydroxylation is 1. The van der Waals surface area contributed by atoms with Crippen molar-refractivity contribution >= 4 is 27.7 Å². The molecular weight excluding hydrogens is 463 g/mol. The van der Waals surface area contributed by atoms with Crippen LogP contribution in [0.25, 0.3) is 0 Å². The van der Waals surface area contributed by atoms with Crippen molar-refractivity contribution in [1.29, 1.82) is 0 Å². The van der Waals surface area contributed by atoms with Crippen molar-refractivity contribution in [3.63, 3.8) is 0 Å². The number of halogens is 2. The molecule has 31 heavy (non-hydrogen) atoms. The lowest BCUT2D eigenvalue weighted by Crippen LogP contribution is -2.50. The Morgan fingerprint density at radius 2 is 1.87 bits per heavy atom. The van der Waals surface area contributed by atoms with Crippen LogP contribution in [0.15, 0.2) is 46.9 Å². The average molecular weight is 493 g/mol. The molecule has 2 atom stereocenters. The summed E-state index contributed by atoms with van der Waals surface area (Å²) in [6.07, 6.45) is 1.65. The zero-order valence-corrected chi connectivity index (χ0v) is 20.0. The number of benzene rings is 2. The van der Waals surface area contributed by atoms with E-state index in [0.717, 1.165) is 22.9 Å². The summed E-state index contributed by atoms with van der Waals surface area (Å²) in [5, 5.41) is 2.89. The van der Waals surface area contributed by atoms with Crippen LogP contribution in [0.1, 0.15) is 45.2 Å². The van der Waals surface area contributed by atoms with E-state index in [9.17, 15) is 14.0 Å². The molecule has 0 spiro atoms. The highest BCUT2D eigenvalue weighted by Crippen LogP contribution is 2.26. The van der Waals surface area contributed by atoms with Gasteiger partial charge in [0.1, 0.15) is 17.6 Å². The van der Waals surface area contributed by atoms with Gasteiger partial charge >= 0.3 is 0 Å². The third-order valence-corrected chi connectivity index (χ3v) is 5.84. The Balaban J connectivity index is 2.19. The second-order valence-corrected chi connectivity index (χ2v) is 8.37. The molecule has 0 heterocycles. The number of carbonyl (C=O) groups is 2. The minimum absolute atomic E-state index is 0.0235. The van der Waals surface area contributed by atoms with E-state index < -0.39 is 17.8 Å². The molecule has 2 rings (SSSR count). The van der Waals surface area contributed by atoms with Gasteiger partial charge < -0.3 is 15.0 Å². The summed E-state index contributed by atoms with van der Waals surface area (Å²) in [7, 11) is 0. The van der Waals surface area contributed by atoms with Gasteiger partial charge in [0.2, 0.25) is 5.91 Å². The van der Waals surface area contributed by atoms with Gasteiger partial charge in [-0.05, 0) is 66.4 Å². The van der Waals surface area contributed by atoms with E-state index in [4.69, 9.17) is 4.74 Å². The van der Waals surface area contributed by atoms with Crippen LogP contribution in [0.5, 0.6) is 5.75 Å². The molecule has 0 aliphatic heterocycles. The summed E-state index contributed by atoms with van der Waals surface area (Å²) < 4.78 is 20.7. The molecule has 1 N–H and O–H groups in total. The summed E-state index contributed by atoms with van der Waals surface area (Å²) in [4.78, 5) is 27.1. The minimum Gasteiger partial charge on any atom is -0.483 e. The molecule has 168 valence electrons. The average Bonchev–Trinajstić information content (AvgIpc) is 2.76. The van der Waals surface area contributed by atoms with Crippen molar-refractivity contribution in [2.45, 2.75) is 59.2 Å². The molecule has 0 saturated heterocycles. The molecule has 2 aromatic rings. The van der Waals surface area contributed by atoms with Gasteiger partial charge in [0.25, 0.3) is 5.91 Å². The number of amides is 2. The third-order valence-electron chi connectivity index (χ3n) is 5.22. The third kappa shape index (κ3) is 7.06. The van der Waals surface area contributed by atoms with Crippen LogP contribution in [-0.2, 0) is 22.6 Å². The number of carbonyl (C=O) groups excluding carboxylic acids is 2. The smallest absolute Gasteiger partial charge is 0.261 e. The maximum atomic E-state index is 14.2. The highest BCUT2D eigenvalue weighted by atomic mass is 79.9. The lowest BCUT2D eigenvalue weighted by atomic mass is 10.1. The van der Waals surface area contributed by atoms with Crippen molar-refractivity contribution in [2.24, 2.45) is 0 Å². The lowest BCUT2D eigenvalue weighted by molar-refractivity contribution is -0.142. The Labute approximate surface area is 192 Å². The first-order valence-electron chi connectivity index (χ1n) is 10.5. The van der Waals surface area contributed by atoms with E-state index in [2.05, 4.69) is 28.2 Å². The van der Waals surface area contributed by atoms with Crippen LogP contribution in [0, 0.1) is 5.82 Å². The number of rotatable bonds is 10. The Kier molecular flexibility index (Phi) is 9.49. The predicted octanol–water partition coefficient (Wildman–Crippen LogP) is 4.86. The molecule has 2 amide bonds. The number of ether oxygens (including phenoxy) is 1. The zero-order valence-electron chi connectivity index (χ0n) is 18.5. The summed E-state index contributed by atoms with van der Waals surface area (Å²) in [5.74, 6) is -0.573. The number of nitrogens with one attached hydrogen (secondary N) is 1. The Hall–Kier alpha value is -2.41. The lowest BCUT2D eigenvalue weighted by Gasteiger charge is -2.29. The van der Waals surface area contributed by atoms with Gasteiger partial charge in [0.15, 0.2) is 6.61 Å². The van der Waals surface area contributed by atoms with Crippen LogP contribution < -0.4 is 10.1 Å². The molecule has 7 heteroatoms. The fourth-order valence-electron chi connectivity index (χ4n) is 2.96. The Morgan fingerprint density at radius 3 is 2.48 bits per heavy atom. The monoisotopic (exact) mass is 492 g/mol. The number of hydrogen-bond donors (Lipinski definition) is 1. The number of hydrogen-bond acceptors (Lipinski definition) is 3. The molecule has 2 aromatic carbocycles. The highest BCUT2D eigenvalue weighted by Gasteiger charge is 2.28. The number of nitrogens with zero attached hydrogens (tertiary/aromatic N) is 1. The fourth-order valence-corrected chi connectivity index (χ4v) is 3.50. The maximum Gasteiger partial charge on any atom is 0.261 e. The van der Waals surface area contributed by atoms with Gasteiger partial charge in [0, 0.05) is 18.2 Å². The van der Waals surface area contributed by atoms with E-state index in [-0.39, 0.29) is 25.1 Å². The molecule has 5 nitrogen and oxygen atoms in total. The van der Waals surface area contributed by atoms with Crippen molar-refractivity contribution < 1.29 is 18.7 Å². The Bertz CT molecular complexity index is 906. The molecular formula is C24H30BrFN2O3.